The highest BCUT2D eigenvalue weighted by Gasteiger charge is 2.20. The summed E-state index contributed by atoms with van der Waals surface area (Å²) in [7, 11) is 0. The van der Waals surface area contributed by atoms with Crippen molar-refractivity contribution < 1.29 is 18.0 Å². The molecule has 2 aromatic heterocycles. The number of nitrogens with one attached hydrogen (secondary N) is 1. The van der Waals surface area contributed by atoms with Gasteiger partial charge in [0, 0.05) is 24.9 Å². The van der Waals surface area contributed by atoms with Crippen LogP contribution in [0.25, 0.3) is 16.7 Å². The van der Waals surface area contributed by atoms with E-state index < -0.39 is 34.4 Å². The summed E-state index contributed by atoms with van der Waals surface area (Å²) in [6.07, 6.45) is 1.03. The molecule has 0 bridgehead atoms. The van der Waals surface area contributed by atoms with Crippen LogP contribution in [0.2, 0.25) is 0 Å². The molecule has 0 radical (unpaired) electrons. The Balaban J connectivity index is 2.36. The quantitative estimate of drug-likeness (QED) is 0.668. The first-order valence-electron chi connectivity index (χ1n) is 8.65. The molecule has 0 saturated carbocycles. The van der Waals surface area contributed by atoms with E-state index in [4.69, 9.17) is 0 Å². The molecule has 0 unspecified atom stereocenters. The minimum Gasteiger partial charge on any atom is -0.370 e. The minimum absolute atomic E-state index is 0.0194. The van der Waals surface area contributed by atoms with E-state index in [-0.39, 0.29) is 16.6 Å². The van der Waals surface area contributed by atoms with Crippen molar-refractivity contribution in [3.63, 3.8) is 0 Å². The van der Waals surface area contributed by atoms with Gasteiger partial charge in [-0.15, -0.1) is 0 Å². The average Bonchev–Trinajstić information content (AvgIpc) is 2.60. The molecular weight excluding hydrogens is 371 g/mol. The molecule has 0 saturated heterocycles. The van der Waals surface area contributed by atoms with Crippen molar-refractivity contribution in [3.05, 3.63) is 63.7 Å². The second kappa shape index (κ2) is 7.46. The number of benzene rings is 1. The van der Waals surface area contributed by atoms with Crippen LogP contribution in [0.4, 0.5) is 19.0 Å². The van der Waals surface area contributed by atoms with Gasteiger partial charge in [-0.05, 0) is 25.0 Å². The van der Waals surface area contributed by atoms with E-state index in [2.05, 4.69) is 10.3 Å². The molecule has 0 aliphatic rings. The van der Waals surface area contributed by atoms with Gasteiger partial charge in [-0.1, -0.05) is 13.8 Å². The maximum Gasteiger partial charge on any atom is 0.201 e. The number of nitrogens with zero attached hydrogens (tertiary/aromatic N) is 2. The molecule has 0 fully saturated rings. The summed E-state index contributed by atoms with van der Waals surface area (Å²) < 4.78 is 43.1. The number of aromatic nitrogens is 2. The number of pyridine rings is 2. The largest absolute Gasteiger partial charge is 0.370 e. The molecule has 3 rings (SSSR count). The Morgan fingerprint density at radius 1 is 1.18 bits per heavy atom. The number of Topliss-reactive ketones (excluding diaryl/α,β-unsaturated/α-hetero) is 1. The molecular formula is C20H18F3N3O2. The topological polar surface area (TPSA) is 64.0 Å². The predicted molar refractivity (Wildman–Crippen MR) is 101 cm³/mol. The molecule has 1 N–H and O–H groups in total. The zero-order chi connectivity index (χ0) is 20.6. The summed E-state index contributed by atoms with van der Waals surface area (Å²) in [4.78, 5) is 28.8. The van der Waals surface area contributed by atoms with Crippen LogP contribution in [0.15, 0.2) is 35.3 Å². The number of anilines is 1. The average molecular weight is 389 g/mol. The normalized spacial score (nSPS) is 11.2. The van der Waals surface area contributed by atoms with Gasteiger partial charge in [0.05, 0.1) is 10.9 Å². The SMILES string of the molecule is CC(=O)c1cn(-c2c(F)cc(F)cc2F)c2nc(NCC(C)C)ccc2c1=O. The molecule has 2 heterocycles. The van der Waals surface area contributed by atoms with E-state index >= 15 is 0 Å². The summed E-state index contributed by atoms with van der Waals surface area (Å²) in [5, 5.41) is 3.09. The predicted octanol–water partition coefficient (Wildman–Crippen LogP) is 4.07. The van der Waals surface area contributed by atoms with E-state index in [0.29, 0.717) is 30.4 Å². The van der Waals surface area contributed by atoms with Gasteiger partial charge in [0.15, 0.2) is 23.1 Å². The third kappa shape index (κ3) is 3.62. The maximum atomic E-state index is 14.4. The zero-order valence-corrected chi connectivity index (χ0v) is 15.5. The molecule has 0 atom stereocenters. The molecule has 0 amide bonds. The molecule has 3 aromatic rings. The third-order valence-corrected chi connectivity index (χ3v) is 4.14. The molecule has 0 aliphatic carbocycles. The van der Waals surface area contributed by atoms with Crippen molar-refractivity contribution in [1.29, 1.82) is 0 Å². The van der Waals surface area contributed by atoms with Crippen LogP contribution >= 0.6 is 0 Å². The lowest BCUT2D eigenvalue weighted by Gasteiger charge is -2.15. The number of hydrogen-bond donors (Lipinski definition) is 1. The lowest BCUT2D eigenvalue weighted by Crippen LogP contribution is -2.19. The van der Waals surface area contributed by atoms with Gasteiger partial charge in [-0.3, -0.25) is 14.2 Å². The first-order chi connectivity index (χ1) is 13.2. The zero-order valence-electron chi connectivity index (χ0n) is 15.5. The summed E-state index contributed by atoms with van der Waals surface area (Å²) in [6.45, 7) is 5.75. The fourth-order valence-electron chi connectivity index (χ4n) is 2.80. The van der Waals surface area contributed by atoms with Crippen molar-refractivity contribution >= 4 is 22.6 Å². The second-order valence-electron chi connectivity index (χ2n) is 6.86. The van der Waals surface area contributed by atoms with Crippen molar-refractivity contribution in [2.45, 2.75) is 20.8 Å². The third-order valence-electron chi connectivity index (χ3n) is 4.14. The fourth-order valence-corrected chi connectivity index (χ4v) is 2.80. The second-order valence-corrected chi connectivity index (χ2v) is 6.86. The molecule has 5 nitrogen and oxygen atoms in total. The van der Waals surface area contributed by atoms with Crippen LogP contribution in [-0.4, -0.2) is 21.9 Å². The number of halogens is 3. The summed E-state index contributed by atoms with van der Waals surface area (Å²) in [6, 6.07) is 4.04. The van der Waals surface area contributed by atoms with E-state index in [1.165, 1.54) is 13.0 Å². The molecule has 0 aliphatic heterocycles. The van der Waals surface area contributed by atoms with E-state index in [9.17, 15) is 22.8 Å². The summed E-state index contributed by atoms with van der Waals surface area (Å²) in [5.74, 6) is -3.30. The van der Waals surface area contributed by atoms with E-state index in [1.807, 2.05) is 13.8 Å². The Bertz CT molecular complexity index is 1120. The highest BCUT2D eigenvalue weighted by molar-refractivity contribution is 5.97. The minimum atomic E-state index is -1.18. The molecule has 1 aromatic carbocycles. The van der Waals surface area contributed by atoms with Crippen LogP contribution in [0, 0.1) is 23.4 Å². The number of carbonyl (C=O) groups is 1. The molecule has 8 heteroatoms. The van der Waals surface area contributed by atoms with Crippen molar-refractivity contribution in [1.82, 2.24) is 9.55 Å². The van der Waals surface area contributed by atoms with Crippen molar-refractivity contribution in [2.75, 3.05) is 11.9 Å². The van der Waals surface area contributed by atoms with E-state index in [1.54, 1.807) is 6.07 Å². The molecule has 146 valence electrons. The lowest BCUT2D eigenvalue weighted by molar-refractivity contribution is 0.101. The number of rotatable bonds is 5. The highest BCUT2D eigenvalue weighted by atomic mass is 19.1. The number of ketones is 1. The number of hydrogen-bond acceptors (Lipinski definition) is 4. The molecule has 28 heavy (non-hydrogen) atoms. The Labute approximate surface area is 158 Å². The van der Waals surface area contributed by atoms with Crippen LogP contribution in [0.3, 0.4) is 0 Å². The van der Waals surface area contributed by atoms with Crippen LogP contribution in [-0.2, 0) is 0 Å². The Hall–Kier alpha value is -3.16. The Kier molecular flexibility index (Phi) is 5.22. The summed E-state index contributed by atoms with van der Waals surface area (Å²) in [5.41, 5.74) is -1.51. The lowest BCUT2D eigenvalue weighted by atomic mass is 10.1. The first kappa shape index (κ1) is 19.6. The monoisotopic (exact) mass is 389 g/mol. The number of carbonyl (C=O) groups excluding carboxylic acids is 1. The van der Waals surface area contributed by atoms with Gasteiger partial charge in [0.25, 0.3) is 0 Å². The number of fused-ring (bicyclic) bond motifs is 1. The van der Waals surface area contributed by atoms with Crippen molar-refractivity contribution in [3.8, 4) is 5.69 Å². The van der Waals surface area contributed by atoms with Gasteiger partial charge in [-0.25, -0.2) is 18.2 Å². The van der Waals surface area contributed by atoms with Gasteiger partial charge in [-0.2, -0.15) is 0 Å². The Morgan fingerprint density at radius 2 is 1.82 bits per heavy atom. The molecule has 0 spiro atoms. The van der Waals surface area contributed by atoms with Crippen LogP contribution in [0.1, 0.15) is 31.1 Å². The standard InChI is InChI=1S/C20H18F3N3O2/c1-10(2)8-24-17-5-4-13-19(28)14(11(3)27)9-26(20(13)25-17)18-15(22)6-12(21)7-16(18)23/h4-7,9-10H,8H2,1-3H3,(H,24,25). The van der Waals surface area contributed by atoms with Gasteiger partial charge in [0.1, 0.15) is 17.3 Å². The van der Waals surface area contributed by atoms with Crippen molar-refractivity contribution in [2.24, 2.45) is 5.92 Å². The highest BCUT2D eigenvalue weighted by Crippen LogP contribution is 2.24. The maximum absolute atomic E-state index is 14.4. The van der Waals surface area contributed by atoms with Gasteiger partial charge in [0.2, 0.25) is 5.43 Å². The van der Waals surface area contributed by atoms with Gasteiger partial charge < -0.3 is 5.32 Å². The summed E-state index contributed by atoms with van der Waals surface area (Å²) >= 11 is 0. The first-order valence-corrected chi connectivity index (χ1v) is 8.65. The Morgan fingerprint density at radius 3 is 2.39 bits per heavy atom. The smallest absolute Gasteiger partial charge is 0.201 e. The van der Waals surface area contributed by atoms with Crippen LogP contribution in [0.5, 0.6) is 0 Å². The van der Waals surface area contributed by atoms with E-state index in [0.717, 1.165) is 10.8 Å². The van der Waals surface area contributed by atoms with Gasteiger partial charge >= 0.3 is 0 Å². The van der Waals surface area contributed by atoms with Crippen LogP contribution < -0.4 is 10.7 Å². The fraction of sp³-hybridized carbons (Fsp3) is 0.250.